The summed E-state index contributed by atoms with van der Waals surface area (Å²) in [7, 11) is 2.61. The van der Waals surface area contributed by atoms with E-state index in [9.17, 15) is 45.5 Å². The SMILES string of the molecule is Cc1c(-c2ccsc2)c(=O)n(C)c(=O)n1-c1cccc(C(F)(F)F)c1.Cc1c(-c2ccsc2Br)c(=O)n(C)c(=O)n1-c1cccc(C(F)(F)F)c1. The lowest BCUT2D eigenvalue weighted by Crippen LogP contribution is -2.39. The summed E-state index contributed by atoms with van der Waals surface area (Å²) < 4.78 is 82.8. The van der Waals surface area contributed by atoms with Crippen LogP contribution in [0.2, 0.25) is 0 Å². The molecule has 0 bridgehead atoms. The van der Waals surface area contributed by atoms with Crippen molar-refractivity contribution in [1.82, 2.24) is 18.3 Å². The van der Waals surface area contributed by atoms with Crippen LogP contribution in [0.25, 0.3) is 33.6 Å². The van der Waals surface area contributed by atoms with Crippen molar-refractivity contribution >= 4 is 38.6 Å². The van der Waals surface area contributed by atoms with Gasteiger partial charge in [-0.05, 0) is 100 Å². The first-order valence-corrected chi connectivity index (χ1v) is 17.2. The summed E-state index contributed by atoms with van der Waals surface area (Å²) in [5, 5.41) is 5.32. The molecule has 0 aliphatic heterocycles. The highest BCUT2D eigenvalue weighted by molar-refractivity contribution is 9.11. The van der Waals surface area contributed by atoms with Gasteiger partial charge in [0.15, 0.2) is 0 Å². The number of benzene rings is 2. The van der Waals surface area contributed by atoms with Gasteiger partial charge in [0.25, 0.3) is 11.1 Å². The Balaban J connectivity index is 0.000000198. The minimum absolute atomic E-state index is 0.0468. The number of hydrogen-bond donors (Lipinski definition) is 0. The normalized spacial score (nSPS) is 11.7. The molecule has 0 saturated heterocycles. The van der Waals surface area contributed by atoms with E-state index in [-0.39, 0.29) is 22.6 Å². The molecule has 17 heteroatoms. The third-order valence-corrected chi connectivity index (χ3v) is 10.3. The molecule has 6 aromatic rings. The van der Waals surface area contributed by atoms with Crippen molar-refractivity contribution in [2.24, 2.45) is 14.1 Å². The first kappa shape index (κ1) is 37.5. The van der Waals surface area contributed by atoms with E-state index < -0.39 is 46.0 Å². The van der Waals surface area contributed by atoms with Crippen LogP contribution in [0.15, 0.2) is 99.8 Å². The summed E-state index contributed by atoms with van der Waals surface area (Å²) in [6.45, 7) is 3.10. The fraction of sp³-hybridized carbons (Fsp3) is 0.176. The van der Waals surface area contributed by atoms with Gasteiger partial charge in [0.2, 0.25) is 0 Å². The maximum Gasteiger partial charge on any atom is 0.416 e. The van der Waals surface area contributed by atoms with Crippen LogP contribution in [0.1, 0.15) is 22.5 Å². The summed E-state index contributed by atoms with van der Waals surface area (Å²) in [6.07, 6.45) is -9.06. The molecule has 0 saturated carbocycles. The summed E-state index contributed by atoms with van der Waals surface area (Å²) in [6, 6.07) is 12.4. The smallest absolute Gasteiger partial charge is 0.268 e. The highest BCUT2D eigenvalue weighted by Crippen LogP contribution is 2.34. The topological polar surface area (TPSA) is 88.0 Å². The van der Waals surface area contributed by atoms with E-state index in [1.165, 1.54) is 61.0 Å². The Morgan fingerprint density at radius 1 is 0.647 bits per heavy atom. The number of nitrogens with zero attached hydrogens (tertiary/aromatic N) is 4. The maximum atomic E-state index is 13.0. The third kappa shape index (κ3) is 7.23. The Kier molecular flexibility index (Phi) is 10.4. The molecule has 4 heterocycles. The standard InChI is InChI=1S/C17H12BrF3N2O2S.C17H13F3N2O2S/c1-9-13(12-6-7-26-14(12)18)15(24)22(2)16(25)23(9)11-5-3-4-10(8-11)17(19,20)21;1-10-14(11-6-7-25-9-11)15(23)21(2)16(24)22(10)13-5-3-4-12(8-13)17(18,19)20/h3-8H,1-2H3;3-9H,1-2H3. The van der Waals surface area contributed by atoms with Crippen LogP contribution in [0.3, 0.4) is 0 Å². The van der Waals surface area contributed by atoms with Crippen molar-refractivity contribution in [3.63, 3.8) is 0 Å². The average Bonchev–Trinajstić information content (AvgIpc) is 3.75. The molecule has 0 radical (unpaired) electrons. The minimum Gasteiger partial charge on any atom is -0.268 e. The summed E-state index contributed by atoms with van der Waals surface area (Å²) in [5.74, 6) is 0. The average molecular weight is 812 g/mol. The molecular formula is C34H25BrF6N4O4S2. The first-order chi connectivity index (χ1) is 23.8. The second kappa shape index (κ2) is 14.1. The molecule has 0 atom stereocenters. The van der Waals surface area contributed by atoms with Gasteiger partial charge in [0.1, 0.15) is 0 Å². The molecule has 0 unspecified atom stereocenters. The molecule has 266 valence electrons. The zero-order chi connectivity index (χ0) is 37.6. The predicted molar refractivity (Wildman–Crippen MR) is 188 cm³/mol. The van der Waals surface area contributed by atoms with Gasteiger partial charge in [-0.15, -0.1) is 11.3 Å². The van der Waals surface area contributed by atoms with Crippen LogP contribution in [-0.2, 0) is 26.4 Å². The summed E-state index contributed by atoms with van der Waals surface area (Å²) >= 11 is 6.12. The van der Waals surface area contributed by atoms with Crippen LogP contribution in [-0.4, -0.2) is 18.3 Å². The van der Waals surface area contributed by atoms with Crippen molar-refractivity contribution in [3.05, 3.63) is 145 Å². The quantitative estimate of drug-likeness (QED) is 0.169. The van der Waals surface area contributed by atoms with E-state index in [1.54, 1.807) is 42.1 Å². The molecule has 0 amide bonds. The Morgan fingerprint density at radius 3 is 1.53 bits per heavy atom. The fourth-order valence-electron chi connectivity index (χ4n) is 5.40. The second-order valence-electron chi connectivity index (χ2n) is 11.1. The monoisotopic (exact) mass is 810 g/mol. The van der Waals surface area contributed by atoms with Gasteiger partial charge in [-0.1, -0.05) is 12.1 Å². The van der Waals surface area contributed by atoms with Gasteiger partial charge in [-0.2, -0.15) is 37.7 Å². The van der Waals surface area contributed by atoms with Gasteiger partial charge in [-0.3, -0.25) is 27.9 Å². The first-order valence-electron chi connectivity index (χ1n) is 14.6. The minimum atomic E-state index is -4.53. The fourth-order valence-corrected chi connectivity index (χ4v) is 7.32. The van der Waals surface area contributed by atoms with E-state index in [1.807, 2.05) is 0 Å². The van der Waals surface area contributed by atoms with Crippen molar-refractivity contribution in [2.75, 3.05) is 0 Å². The number of rotatable bonds is 4. The van der Waals surface area contributed by atoms with Crippen molar-refractivity contribution < 1.29 is 26.3 Å². The second-order valence-corrected chi connectivity index (χ2v) is 14.1. The summed E-state index contributed by atoms with van der Waals surface area (Å²) in [4.78, 5) is 50.3. The van der Waals surface area contributed by atoms with E-state index in [0.717, 1.165) is 42.5 Å². The third-order valence-electron chi connectivity index (χ3n) is 7.95. The van der Waals surface area contributed by atoms with Gasteiger partial charge >= 0.3 is 23.7 Å². The Bertz CT molecular complexity index is 2510. The number of hydrogen-bond acceptors (Lipinski definition) is 6. The van der Waals surface area contributed by atoms with Gasteiger partial charge in [0, 0.05) is 31.0 Å². The molecule has 51 heavy (non-hydrogen) atoms. The Labute approximate surface area is 300 Å². The van der Waals surface area contributed by atoms with Crippen molar-refractivity contribution in [2.45, 2.75) is 26.2 Å². The van der Waals surface area contributed by atoms with Crippen LogP contribution < -0.4 is 22.5 Å². The molecule has 2 aromatic carbocycles. The van der Waals surface area contributed by atoms with Crippen molar-refractivity contribution in [3.8, 4) is 33.6 Å². The molecular weight excluding hydrogens is 786 g/mol. The number of aromatic nitrogens is 4. The number of halogens is 7. The Morgan fingerprint density at radius 2 is 1.12 bits per heavy atom. The van der Waals surface area contributed by atoms with E-state index in [2.05, 4.69) is 15.9 Å². The van der Waals surface area contributed by atoms with Crippen LogP contribution in [0.5, 0.6) is 0 Å². The summed E-state index contributed by atoms with van der Waals surface area (Å²) in [5.41, 5.74) is -1.66. The molecule has 0 spiro atoms. The zero-order valence-electron chi connectivity index (χ0n) is 26.9. The molecule has 0 N–H and O–H groups in total. The molecule has 6 rings (SSSR count). The lowest BCUT2D eigenvalue weighted by atomic mass is 10.1. The lowest BCUT2D eigenvalue weighted by Gasteiger charge is -2.16. The predicted octanol–water partition coefficient (Wildman–Crippen LogP) is 7.95. The van der Waals surface area contributed by atoms with E-state index >= 15 is 0 Å². The number of thiophene rings is 2. The van der Waals surface area contributed by atoms with Gasteiger partial charge < -0.3 is 0 Å². The van der Waals surface area contributed by atoms with E-state index in [4.69, 9.17) is 0 Å². The van der Waals surface area contributed by atoms with Gasteiger partial charge in [-0.25, -0.2) is 9.59 Å². The Hall–Kier alpha value is -4.74. The van der Waals surface area contributed by atoms with Crippen LogP contribution in [0, 0.1) is 13.8 Å². The molecule has 4 aromatic heterocycles. The molecule has 8 nitrogen and oxygen atoms in total. The van der Waals surface area contributed by atoms with Gasteiger partial charge in [0.05, 0.1) is 37.4 Å². The van der Waals surface area contributed by atoms with Crippen molar-refractivity contribution in [1.29, 1.82) is 0 Å². The largest absolute Gasteiger partial charge is 0.416 e. The molecule has 0 aliphatic carbocycles. The highest BCUT2D eigenvalue weighted by Gasteiger charge is 2.32. The molecule has 0 fully saturated rings. The maximum absolute atomic E-state index is 13.0. The lowest BCUT2D eigenvalue weighted by molar-refractivity contribution is -0.138. The zero-order valence-corrected chi connectivity index (χ0v) is 30.1. The van der Waals surface area contributed by atoms with Crippen LogP contribution >= 0.6 is 38.6 Å². The number of alkyl halides is 6. The molecule has 0 aliphatic rings. The van der Waals surface area contributed by atoms with E-state index in [0.29, 0.717) is 26.2 Å². The van der Waals surface area contributed by atoms with Crippen LogP contribution in [0.4, 0.5) is 26.3 Å². The highest BCUT2D eigenvalue weighted by atomic mass is 79.9.